The van der Waals surface area contributed by atoms with Gasteiger partial charge in [0.2, 0.25) is 0 Å². The van der Waals surface area contributed by atoms with Crippen LogP contribution < -0.4 is 0 Å². The number of nitrogens with zero attached hydrogens (tertiary/aromatic N) is 3. The highest BCUT2D eigenvalue weighted by Crippen LogP contribution is 2.46. The van der Waals surface area contributed by atoms with Gasteiger partial charge in [-0.25, -0.2) is 4.98 Å². The number of benzene rings is 1. The third kappa shape index (κ3) is 3.43. The lowest BCUT2D eigenvalue weighted by atomic mass is 9.76. The monoisotopic (exact) mass is 337 g/mol. The lowest BCUT2D eigenvalue weighted by Gasteiger charge is -2.37. The van der Waals surface area contributed by atoms with Gasteiger partial charge in [-0.1, -0.05) is 37.5 Å². The smallest absolute Gasteiger partial charge is 0.137 e. The van der Waals surface area contributed by atoms with Crippen LogP contribution in [-0.2, 0) is 13.0 Å². The van der Waals surface area contributed by atoms with Gasteiger partial charge < -0.3 is 5.11 Å². The first-order valence-corrected chi connectivity index (χ1v) is 8.34. The highest BCUT2D eigenvalue weighted by molar-refractivity contribution is 6.30. The van der Waals surface area contributed by atoms with E-state index in [9.17, 15) is 5.11 Å². The zero-order valence-electron chi connectivity index (χ0n) is 17.4. The minimum absolute atomic E-state index is 0.0494. The van der Waals surface area contributed by atoms with E-state index >= 15 is 0 Å². The zero-order valence-corrected chi connectivity index (χ0v) is 14.1. The van der Waals surface area contributed by atoms with Gasteiger partial charge in [-0.2, -0.15) is 5.10 Å². The van der Waals surface area contributed by atoms with Gasteiger partial charge >= 0.3 is 0 Å². The van der Waals surface area contributed by atoms with Crippen molar-refractivity contribution < 1.29 is 10.6 Å². The molecular weight excluding hydrogens is 310 g/mol. The molecule has 1 aromatic carbocycles. The molecule has 0 radical (unpaired) electrons. The van der Waals surface area contributed by atoms with Crippen LogP contribution >= 0.6 is 11.6 Å². The Morgan fingerprint density at radius 3 is 2.74 bits per heavy atom. The summed E-state index contributed by atoms with van der Waals surface area (Å²) in [5.74, 6) is 0.105. The van der Waals surface area contributed by atoms with Gasteiger partial charge in [-0.05, 0) is 54.7 Å². The molecule has 124 valence electrons. The maximum atomic E-state index is 11.7. The van der Waals surface area contributed by atoms with Crippen LogP contribution in [-0.4, -0.2) is 25.5 Å². The number of aromatic nitrogens is 3. The molecule has 1 N–H and O–H groups in total. The molecule has 4 nitrogen and oxygen atoms in total. The van der Waals surface area contributed by atoms with Gasteiger partial charge in [-0.15, -0.1) is 0 Å². The molecule has 2 aromatic rings. The average molecular weight is 338 g/mol. The second-order valence-corrected chi connectivity index (χ2v) is 7.08. The molecule has 1 heterocycles. The molecule has 3 atom stereocenters. The number of hydrogen-bond acceptors (Lipinski definition) is 3. The molecule has 0 amide bonds. The summed E-state index contributed by atoms with van der Waals surface area (Å²) in [6.45, 7) is 4.45. The lowest BCUT2D eigenvalue weighted by molar-refractivity contribution is -0.0667. The van der Waals surface area contributed by atoms with Crippen molar-refractivity contribution in [3.63, 3.8) is 0 Å². The molecule has 0 saturated heterocycles. The van der Waals surface area contributed by atoms with E-state index in [0.29, 0.717) is 5.56 Å². The zero-order chi connectivity index (χ0) is 19.9. The summed E-state index contributed by atoms with van der Waals surface area (Å²) in [6, 6.07) is -0.717. The maximum Gasteiger partial charge on any atom is 0.137 e. The first-order valence-electron chi connectivity index (χ1n) is 9.96. The predicted octanol–water partition coefficient (Wildman–Crippen LogP) is 3.59. The highest BCUT2D eigenvalue weighted by Gasteiger charge is 2.50. The van der Waals surface area contributed by atoms with E-state index in [1.807, 2.05) is 0 Å². The number of halogens is 1. The molecule has 1 aromatic heterocycles. The topological polar surface area (TPSA) is 50.9 Å². The van der Waals surface area contributed by atoms with E-state index in [-0.39, 0.29) is 59.9 Å². The Kier molecular flexibility index (Phi) is 3.46. The highest BCUT2D eigenvalue weighted by atomic mass is 35.5. The van der Waals surface area contributed by atoms with Crippen molar-refractivity contribution in [3.05, 3.63) is 47.4 Å². The van der Waals surface area contributed by atoms with Gasteiger partial charge in [0.15, 0.2) is 0 Å². The second kappa shape index (κ2) is 6.62. The van der Waals surface area contributed by atoms with Crippen LogP contribution in [0.2, 0.25) is 5.02 Å². The number of rotatable bonds is 5. The van der Waals surface area contributed by atoms with Gasteiger partial charge in [0.05, 0.1) is 17.6 Å². The molecule has 0 bridgehead atoms. The summed E-state index contributed by atoms with van der Waals surface area (Å²) in [5, 5.41) is 15.6. The first-order chi connectivity index (χ1) is 12.7. The Morgan fingerprint density at radius 1 is 1.39 bits per heavy atom. The van der Waals surface area contributed by atoms with Crippen molar-refractivity contribution in [2.45, 2.75) is 45.3 Å². The van der Waals surface area contributed by atoms with E-state index < -0.39 is 5.60 Å². The fraction of sp³-hybridized carbons (Fsp3) is 0.556. The number of aliphatic hydroxyl groups is 1. The van der Waals surface area contributed by atoms with E-state index in [4.69, 9.17) is 17.1 Å². The summed E-state index contributed by atoms with van der Waals surface area (Å²) in [5.41, 5.74) is -0.758. The molecule has 5 heteroatoms. The standard InChI is InChI=1S/C18H24ClN3O/c1-13(2)17-8-5-15(9-14-3-6-16(19)7-4-14)18(17,23)10-22-12-20-11-21-22/h3-4,6-7,11-13,15,17,23H,5,8-10H2,1-2H3/i3D,4D,6D,7D. The molecule has 3 unspecified atom stereocenters. The summed E-state index contributed by atoms with van der Waals surface area (Å²) >= 11 is 5.91. The second-order valence-electron chi connectivity index (χ2n) is 6.71. The Morgan fingerprint density at radius 2 is 2.13 bits per heavy atom. The van der Waals surface area contributed by atoms with Gasteiger partial charge in [0.25, 0.3) is 0 Å². The minimum atomic E-state index is -1.06. The van der Waals surface area contributed by atoms with E-state index in [0.717, 1.165) is 12.8 Å². The predicted molar refractivity (Wildman–Crippen MR) is 91.2 cm³/mol. The van der Waals surface area contributed by atoms with E-state index in [1.54, 1.807) is 11.0 Å². The summed E-state index contributed by atoms with van der Waals surface area (Å²) in [7, 11) is 0. The van der Waals surface area contributed by atoms with Gasteiger partial charge in [-0.3, -0.25) is 4.68 Å². The van der Waals surface area contributed by atoms with Gasteiger partial charge in [0.1, 0.15) is 12.7 Å². The van der Waals surface area contributed by atoms with E-state index in [2.05, 4.69) is 23.9 Å². The Hall–Kier alpha value is -1.39. The van der Waals surface area contributed by atoms with Crippen molar-refractivity contribution in [2.75, 3.05) is 0 Å². The molecule has 1 saturated carbocycles. The maximum absolute atomic E-state index is 11.7. The fourth-order valence-corrected chi connectivity index (χ4v) is 3.96. The quantitative estimate of drug-likeness (QED) is 0.907. The van der Waals surface area contributed by atoms with Crippen molar-refractivity contribution >= 4 is 11.6 Å². The molecule has 1 fully saturated rings. The molecule has 0 spiro atoms. The van der Waals surface area contributed by atoms with Crippen molar-refractivity contribution in [1.29, 1.82) is 0 Å². The Labute approximate surface area is 148 Å². The lowest BCUT2D eigenvalue weighted by Crippen LogP contribution is -2.46. The minimum Gasteiger partial charge on any atom is -0.387 e. The summed E-state index contributed by atoms with van der Waals surface area (Å²) in [4.78, 5) is 3.95. The van der Waals surface area contributed by atoms with Crippen LogP contribution in [0.4, 0.5) is 0 Å². The van der Waals surface area contributed by atoms with Crippen LogP contribution in [0.1, 0.15) is 37.7 Å². The third-order valence-corrected chi connectivity index (χ3v) is 5.15. The van der Waals surface area contributed by atoms with Crippen LogP contribution in [0.25, 0.3) is 0 Å². The SMILES string of the molecule is [2H]c1c([2H])c(CC2CCC(C(C)C)C2(O)Cn2cncn2)c([2H])c([2H])c1Cl. The molecule has 3 rings (SSSR count). The molecule has 23 heavy (non-hydrogen) atoms. The normalized spacial score (nSPS) is 30.1. The first kappa shape index (κ1) is 12.0. The fourth-order valence-electron chi connectivity index (χ4n) is 3.86. The molecular formula is C18H24ClN3O. The van der Waals surface area contributed by atoms with Crippen molar-refractivity contribution in [3.8, 4) is 0 Å². The van der Waals surface area contributed by atoms with Crippen LogP contribution in [0.5, 0.6) is 0 Å². The average Bonchev–Trinajstić information content (AvgIpc) is 3.23. The summed E-state index contributed by atoms with van der Waals surface area (Å²) < 4.78 is 34.0. The van der Waals surface area contributed by atoms with Crippen LogP contribution in [0.3, 0.4) is 0 Å². The third-order valence-electron chi connectivity index (χ3n) is 4.96. The van der Waals surface area contributed by atoms with E-state index in [1.165, 1.54) is 6.33 Å². The number of hydrogen-bond donors (Lipinski definition) is 1. The largest absolute Gasteiger partial charge is 0.387 e. The van der Waals surface area contributed by atoms with Gasteiger partial charge in [0, 0.05) is 5.02 Å². The molecule has 0 aliphatic heterocycles. The van der Waals surface area contributed by atoms with Crippen LogP contribution in [0.15, 0.2) is 36.8 Å². The summed E-state index contributed by atoms with van der Waals surface area (Å²) in [6.07, 6.45) is 4.85. The van der Waals surface area contributed by atoms with Crippen molar-refractivity contribution in [2.24, 2.45) is 17.8 Å². The van der Waals surface area contributed by atoms with Crippen LogP contribution in [0, 0.1) is 17.8 Å². The Bertz CT molecular complexity index is 802. The molecule has 1 aliphatic rings. The van der Waals surface area contributed by atoms with Crippen molar-refractivity contribution in [1.82, 2.24) is 14.8 Å². The Balaban J connectivity index is 1.98. The molecule has 1 aliphatic carbocycles.